The Bertz CT molecular complexity index is 569. The van der Waals surface area contributed by atoms with Gasteiger partial charge in [0.05, 0.1) is 11.1 Å². The zero-order valence-corrected chi connectivity index (χ0v) is 8.94. The molecule has 2 heterocycles. The first-order valence-corrected chi connectivity index (χ1v) is 5.63. The number of hydrogen-bond donors (Lipinski definition) is 1. The Morgan fingerprint density at radius 2 is 2.06 bits per heavy atom. The number of carboxylic acid groups (broad SMARTS) is 1. The Hall–Kier alpha value is -1.77. The molecule has 0 radical (unpaired) electrons. The van der Waals surface area contributed by atoms with Gasteiger partial charge in [-0.15, -0.1) is 0 Å². The van der Waals surface area contributed by atoms with Gasteiger partial charge in [0.2, 0.25) is 0 Å². The Morgan fingerprint density at radius 1 is 1.25 bits per heavy atom. The third-order valence-corrected chi connectivity index (χ3v) is 3.36. The van der Waals surface area contributed by atoms with Crippen LogP contribution in [0.25, 0.3) is 5.52 Å². The van der Waals surface area contributed by atoms with Crippen LogP contribution >= 0.6 is 0 Å². The molecule has 0 saturated carbocycles. The van der Waals surface area contributed by atoms with Crippen LogP contribution in [0.3, 0.4) is 0 Å². The van der Waals surface area contributed by atoms with E-state index in [-0.39, 0.29) is 0 Å². The van der Waals surface area contributed by atoms with Gasteiger partial charge in [0.1, 0.15) is 0 Å². The zero-order valence-electron chi connectivity index (χ0n) is 8.94. The Morgan fingerprint density at radius 3 is 2.88 bits per heavy atom. The van der Waals surface area contributed by atoms with Gasteiger partial charge < -0.3 is 9.51 Å². The van der Waals surface area contributed by atoms with Gasteiger partial charge in [-0.3, -0.25) is 0 Å². The summed E-state index contributed by atoms with van der Waals surface area (Å²) < 4.78 is 2.04. The molecule has 1 aliphatic rings. The minimum absolute atomic E-state index is 0.510. The van der Waals surface area contributed by atoms with E-state index in [9.17, 15) is 9.90 Å². The lowest BCUT2D eigenvalue weighted by atomic mass is 9.95. The molecule has 0 aliphatic heterocycles. The van der Waals surface area contributed by atoms with Crippen molar-refractivity contribution in [2.45, 2.75) is 25.7 Å². The van der Waals surface area contributed by atoms with Crippen LogP contribution in [-0.2, 0) is 12.8 Å². The molecular weight excluding hydrogens is 202 g/mol. The second kappa shape index (κ2) is 3.37. The van der Waals surface area contributed by atoms with Crippen LogP contribution in [0.5, 0.6) is 0 Å². The molecule has 0 atom stereocenters. The van der Waals surface area contributed by atoms with Gasteiger partial charge in [0.15, 0.2) is 0 Å². The number of carboxylic acids is 1. The van der Waals surface area contributed by atoms with Crippen LogP contribution < -0.4 is 0 Å². The first-order chi connectivity index (χ1) is 7.79. The molecule has 0 spiro atoms. The molecule has 82 valence electrons. The van der Waals surface area contributed by atoms with Crippen LogP contribution in [0.2, 0.25) is 0 Å². The average Bonchev–Trinajstić information content (AvgIpc) is 2.63. The van der Waals surface area contributed by atoms with Crippen LogP contribution in [-0.4, -0.2) is 15.5 Å². The van der Waals surface area contributed by atoms with E-state index in [2.05, 4.69) is 0 Å². The highest BCUT2D eigenvalue weighted by Crippen LogP contribution is 2.30. The van der Waals surface area contributed by atoms with E-state index in [4.69, 9.17) is 0 Å². The first kappa shape index (κ1) is 9.46. The molecule has 0 saturated heterocycles. The van der Waals surface area contributed by atoms with E-state index in [0.717, 1.165) is 36.8 Å². The van der Waals surface area contributed by atoms with Crippen molar-refractivity contribution in [2.75, 3.05) is 0 Å². The summed E-state index contributed by atoms with van der Waals surface area (Å²) in [5.74, 6) is -0.799. The van der Waals surface area contributed by atoms with E-state index in [1.165, 1.54) is 5.69 Å². The normalized spacial score (nSPS) is 15.0. The quantitative estimate of drug-likeness (QED) is 0.794. The van der Waals surface area contributed by atoms with Crippen molar-refractivity contribution >= 4 is 11.5 Å². The predicted octanol–water partition coefficient (Wildman–Crippen LogP) is 2.52. The number of pyridine rings is 1. The summed E-state index contributed by atoms with van der Waals surface area (Å²) in [6.07, 6.45) is 6.12. The molecule has 2 aromatic heterocycles. The number of rotatable bonds is 1. The first-order valence-electron chi connectivity index (χ1n) is 5.63. The number of aromatic nitrogens is 1. The molecule has 0 amide bonds. The van der Waals surface area contributed by atoms with Gasteiger partial charge in [-0.05, 0) is 43.4 Å². The lowest BCUT2D eigenvalue weighted by Gasteiger charge is -2.12. The predicted molar refractivity (Wildman–Crippen MR) is 61.0 cm³/mol. The van der Waals surface area contributed by atoms with Crippen molar-refractivity contribution < 1.29 is 9.90 Å². The standard InChI is InChI=1S/C13H13NO2/c15-13(16)12-9-5-1-2-6-10(9)14-8-4-3-7-11(12)14/h3-4,7-8H,1-2,5-6H2,(H,15,16). The monoisotopic (exact) mass is 215 g/mol. The maximum atomic E-state index is 11.3. The Kier molecular flexibility index (Phi) is 1.99. The van der Waals surface area contributed by atoms with Gasteiger partial charge in [0.25, 0.3) is 0 Å². The molecule has 3 rings (SSSR count). The maximum Gasteiger partial charge on any atom is 0.338 e. The summed E-state index contributed by atoms with van der Waals surface area (Å²) in [5.41, 5.74) is 3.58. The number of nitrogens with zero attached hydrogens (tertiary/aromatic N) is 1. The molecule has 16 heavy (non-hydrogen) atoms. The van der Waals surface area contributed by atoms with E-state index >= 15 is 0 Å². The lowest BCUT2D eigenvalue weighted by molar-refractivity contribution is 0.0698. The van der Waals surface area contributed by atoms with Gasteiger partial charge >= 0.3 is 5.97 Å². The van der Waals surface area contributed by atoms with Crippen molar-refractivity contribution in [2.24, 2.45) is 0 Å². The van der Waals surface area contributed by atoms with Crippen LogP contribution in [0.4, 0.5) is 0 Å². The summed E-state index contributed by atoms with van der Waals surface area (Å²) in [6.45, 7) is 0. The molecule has 3 nitrogen and oxygen atoms in total. The summed E-state index contributed by atoms with van der Waals surface area (Å²) in [6, 6.07) is 5.74. The summed E-state index contributed by atoms with van der Waals surface area (Å²) in [5, 5.41) is 9.31. The summed E-state index contributed by atoms with van der Waals surface area (Å²) in [4.78, 5) is 11.3. The van der Waals surface area contributed by atoms with Crippen molar-refractivity contribution in [1.82, 2.24) is 4.40 Å². The molecule has 3 heteroatoms. The van der Waals surface area contributed by atoms with Gasteiger partial charge in [-0.2, -0.15) is 0 Å². The highest BCUT2D eigenvalue weighted by molar-refractivity contribution is 5.98. The SMILES string of the molecule is O=C(O)c1c2c(n3ccccc13)CCCC2. The van der Waals surface area contributed by atoms with Crippen LogP contribution in [0, 0.1) is 0 Å². The molecule has 0 bridgehead atoms. The topological polar surface area (TPSA) is 41.7 Å². The van der Waals surface area contributed by atoms with Crippen LogP contribution in [0.1, 0.15) is 34.5 Å². The third kappa shape index (κ3) is 1.18. The van der Waals surface area contributed by atoms with Crippen molar-refractivity contribution in [3.05, 3.63) is 41.2 Å². The number of carbonyl (C=O) groups is 1. The molecule has 0 fully saturated rings. The maximum absolute atomic E-state index is 11.3. The summed E-state index contributed by atoms with van der Waals surface area (Å²) >= 11 is 0. The van der Waals surface area contributed by atoms with Crippen LogP contribution in [0.15, 0.2) is 24.4 Å². The highest BCUT2D eigenvalue weighted by atomic mass is 16.4. The Labute approximate surface area is 93.3 Å². The minimum Gasteiger partial charge on any atom is -0.478 e. The fourth-order valence-electron chi connectivity index (χ4n) is 2.70. The Balaban J connectivity index is 2.41. The number of aryl methyl sites for hydroxylation is 1. The fraction of sp³-hybridized carbons (Fsp3) is 0.308. The summed E-state index contributed by atoms with van der Waals surface area (Å²) in [7, 11) is 0. The molecule has 0 aromatic carbocycles. The third-order valence-electron chi connectivity index (χ3n) is 3.36. The molecule has 1 aliphatic carbocycles. The average molecular weight is 215 g/mol. The largest absolute Gasteiger partial charge is 0.478 e. The molecule has 1 N–H and O–H groups in total. The van der Waals surface area contributed by atoms with Crippen molar-refractivity contribution in [3.63, 3.8) is 0 Å². The van der Waals surface area contributed by atoms with Crippen molar-refractivity contribution in [1.29, 1.82) is 0 Å². The number of aromatic carboxylic acids is 1. The van der Waals surface area contributed by atoms with Gasteiger partial charge in [-0.1, -0.05) is 6.07 Å². The van der Waals surface area contributed by atoms with E-state index in [1.807, 2.05) is 28.8 Å². The minimum atomic E-state index is -0.799. The van der Waals surface area contributed by atoms with Gasteiger partial charge in [-0.25, -0.2) is 4.79 Å². The lowest BCUT2D eigenvalue weighted by Crippen LogP contribution is -2.06. The smallest absolute Gasteiger partial charge is 0.338 e. The molecule has 0 unspecified atom stereocenters. The number of hydrogen-bond acceptors (Lipinski definition) is 1. The second-order valence-corrected chi connectivity index (χ2v) is 4.27. The highest BCUT2D eigenvalue weighted by Gasteiger charge is 2.24. The van der Waals surface area contributed by atoms with E-state index in [0.29, 0.717) is 5.56 Å². The second-order valence-electron chi connectivity index (χ2n) is 4.27. The number of fused-ring (bicyclic) bond motifs is 3. The zero-order chi connectivity index (χ0) is 11.1. The fourth-order valence-corrected chi connectivity index (χ4v) is 2.70. The van der Waals surface area contributed by atoms with Crippen molar-refractivity contribution in [3.8, 4) is 0 Å². The van der Waals surface area contributed by atoms with E-state index < -0.39 is 5.97 Å². The molecule has 2 aromatic rings. The molecular formula is C13H13NO2. The van der Waals surface area contributed by atoms with Gasteiger partial charge in [0, 0.05) is 11.9 Å². The van der Waals surface area contributed by atoms with E-state index in [1.54, 1.807) is 0 Å².